The first-order chi connectivity index (χ1) is 18.4. The minimum Gasteiger partial charge on any atom is -0.432 e. The summed E-state index contributed by atoms with van der Waals surface area (Å²) in [6.45, 7) is 1.52. The van der Waals surface area contributed by atoms with Crippen LogP contribution in [-0.4, -0.2) is 37.3 Å². The molecular weight excluding hydrogens is 484 g/mol. The van der Waals surface area contributed by atoms with Gasteiger partial charge >= 0.3 is 0 Å². The lowest BCUT2D eigenvalue weighted by molar-refractivity contribution is -0.122. The van der Waals surface area contributed by atoms with Crippen molar-refractivity contribution in [2.75, 3.05) is 5.73 Å². The van der Waals surface area contributed by atoms with Gasteiger partial charge < -0.3 is 15.5 Å². The Morgan fingerprint density at radius 2 is 1.87 bits per heavy atom. The molecule has 0 aliphatic carbocycles. The van der Waals surface area contributed by atoms with Crippen molar-refractivity contribution in [2.45, 2.75) is 25.9 Å². The molecule has 5 aromatic rings. The topological polar surface area (TPSA) is 146 Å². The molecule has 190 valence electrons. The van der Waals surface area contributed by atoms with Crippen molar-refractivity contribution in [1.29, 1.82) is 0 Å². The van der Waals surface area contributed by atoms with Gasteiger partial charge in [0.25, 0.3) is 11.4 Å². The van der Waals surface area contributed by atoms with Crippen LogP contribution in [-0.2, 0) is 17.8 Å². The summed E-state index contributed by atoms with van der Waals surface area (Å²) in [6.07, 6.45) is 3.01. The van der Waals surface area contributed by atoms with Crippen molar-refractivity contribution in [1.82, 2.24) is 24.8 Å². The van der Waals surface area contributed by atoms with E-state index in [2.05, 4.69) is 20.3 Å². The summed E-state index contributed by atoms with van der Waals surface area (Å²) in [7, 11) is 0. The Kier molecular flexibility index (Phi) is 6.77. The van der Waals surface area contributed by atoms with Crippen LogP contribution in [0.4, 0.5) is 5.69 Å². The zero-order chi connectivity index (χ0) is 26.6. The second kappa shape index (κ2) is 10.5. The number of nitrogens with one attached hydrogen (secondary N) is 1. The Hall–Kier alpha value is -5.12. The maximum atomic E-state index is 13.5. The third kappa shape index (κ3) is 5.19. The van der Waals surface area contributed by atoms with Gasteiger partial charge in [0.1, 0.15) is 24.1 Å². The summed E-state index contributed by atoms with van der Waals surface area (Å²) in [4.78, 5) is 52.3. The smallest absolute Gasteiger partial charge is 0.277 e. The fourth-order valence-electron chi connectivity index (χ4n) is 4.13. The molecule has 10 nitrogen and oxygen atoms in total. The largest absolute Gasteiger partial charge is 0.432 e. The predicted octanol–water partition coefficient (Wildman–Crippen LogP) is 2.95. The fraction of sp³-hybridized carbons (Fsp3) is 0.143. The molecular formula is C28H24N6O4. The number of rotatable bonds is 8. The van der Waals surface area contributed by atoms with Gasteiger partial charge in [0.05, 0.1) is 6.20 Å². The van der Waals surface area contributed by atoms with Gasteiger partial charge in [0.2, 0.25) is 11.7 Å². The van der Waals surface area contributed by atoms with E-state index in [4.69, 9.17) is 10.2 Å². The number of hydrogen-bond acceptors (Lipinski definition) is 8. The van der Waals surface area contributed by atoms with E-state index < -0.39 is 29.8 Å². The van der Waals surface area contributed by atoms with Gasteiger partial charge in [-0.05, 0) is 30.7 Å². The molecule has 0 saturated heterocycles. The highest BCUT2D eigenvalue weighted by Gasteiger charge is 2.28. The highest BCUT2D eigenvalue weighted by atomic mass is 16.4. The van der Waals surface area contributed by atoms with Crippen LogP contribution in [0.1, 0.15) is 21.8 Å². The minimum atomic E-state index is -1.01. The zero-order valence-electron chi connectivity index (χ0n) is 20.5. The molecule has 2 aromatic carbocycles. The van der Waals surface area contributed by atoms with E-state index in [1.807, 2.05) is 55.5 Å². The van der Waals surface area contributed by atoms with Gasteiger partial charge in [-0.1, -0.05) is 54.1 Å². The molecule has 0 saturated carbocycles. The SMILES string of the molecule is Cc1cccc(-c2ncc(N)c(=O)n2CC(=O)NC(Cc2ccccc2)C(=O)c2nc3ncccc3o2)c1. The molecule has 0 radical (unpaired) electrons. The number of oxazole rings is 1. The average Bonchev–Trinajstić information content (AvgIpc) is 3.36. The van der Waals surface area contributed by atoms with E-state index in [0.717, 1.165) is 11.1 Å². The Morgan fingerprint density at radius 1 is 1.05 bits per heavy atom. The molecule has 10 heteroatoms. The van der Waals surface area contributed by atoms with Gasteiger partial charge in [-0.25, -0.2) is 9.97 Å². The second-order valence-corrected chi connectivity index (χ2v) is 8.82. The van der Waals surface area contributed by atoms with Gasteiger partial charge in [-0.3, -0.25) is 19.0 Å². The molecule has 3 aromatic heterocycles. The monoisotopic (exact) mass is 508 g/mol. The maximum Gasteiger partial charge on any atom is 0.277 e. The molecule has 0 aliphatic rings. The molecule has 1 amide bonds. The summed E-state index contributed by atoms with van der Waals surface area (Å²) in [6, 6.07) is 19.0. The molecule has 0 aliphatic heterocycles. The molecule has 1 atom stereocenters. The molecule has 38 heavy (non-hydrogen) atoms. The number of fused-ring (bicyclic) bond motifs is 1. The van der Waals surface area contributed by atoms with Crippen LogP contribution in [0.15, 0.2) is 88.3 Å². The number of amides is 1. The number of carbonyl (C=O) groups is 2. The summed E-state index contributed by atoms with van der Waals surface area (Å²) >= 11 is 0. The first-order valence-corrected chi connectivity index (χ1v) is 11.9. The number of hydrogen-bond donors (Lipinski definition) is 2. The predicted molar refractivity (Wildman–Crippen MR) is 141 cm³/mol. The Morgan fingerprint density at radius 3 is 2.63 bits per heavy atom. The van der Waals surface area contributed by atoms with Gasteiger partial charge in [0.15, 0.2) is 11.2 Å². The van der Waals surface area contributed by atoms with E-state index in [-0.39, 0.29) is 18.0 Å². The van der Waals surface area contributed by atoms with Crippen LogP contribution >= 0.6 is 0 Å². The molecule has 5 rings (SSSR count). The second-order valence-electron chi connectivity index (χ2n) is 8.82. The molecule has 3 N–H and O–H groups in total. The first kappa shape index (κ1) is 24.6. The molecule has 0 bridgehead atoms. The normalized spacial score (nSPS) is 11.8. The van der Waals surface area contributed by atoms with E-state index in [1.54, 1.807) is 24.4 Å². The van der Waals surface area contributed by atoms with Crippen molar-refractivity contribution in [3.63, 3.8) is 0 Å². The lowest BCUT2D eigenvalue weighted by atomic mass is 10.0. The summed E-state index contributed by atoms with van der Waals surface area (Å²) in [5, 5.41) is 2.76. The number of carbonyl (C=O) groups excluding carboxylic acids is 2. The fourth-order valence-corrected chi connectivity index (χ4v) is 4.13. The molecule has 1 unspecified atom stereocenters. The van der Waals surface area contributed by atoms with E-state index in [1.165, 1.54) is 10.8 Å². The number of nitrogens with two attached hydrogens (primary N) is 1. The van der Waals surface area contributed by atoms with E-state index >= 15 is 0 Å². The summed E-state index contributed by atoms with van der Waals surface area (Å²) < 4.78 is 6.82. The third-order valence-corrected chi connectivity index (χ3v) is 5.96. The number of aromatic nitrogens is 4. The molecule has 3 heterocycles. The zero-order valence-corrected chi connectivity index (χ0v) is 20.5. The van der Waals surface area contributed by atoms with Crippen molar-refractivity contribution >= 4 is 28.6 Å². The molecule has 0 fully saturated rings. The van der Waals surface area contributed by atoms with Crippen molar-refractivity contribution in [3.8, 4) is 11.4 Å². The van der Waals surface area contributed by atoms with E-state index in [0.29, 0.717) is 22.6 Å². The lowest BCUT2D eigenvalue weighted by Gasteiger charge is -2.18. The van der Waals surface area contributed by atoms with Gasteiger partial charge in [0, 0.05) is 18.2 Å². The lowest BCUT2D eigenvalue weighted by Crippen LogP contribution is -2.45. The van der Waals surface area contributed by atoms with Crippen molar-refractivity contribution in [3.05, 3.63) is 106 Å². The first-order valence-electron chi connectivity index (χ1n) is 11.9. The Bertz CT molecular complexity index is 1660. The van der Waals surface area contributed by atoms with Gasteiger partial charge in [-0.15, -0.1) is 0 Å². The average molecular weight is 509 g/mol. The Balaban J connectivity index is 1.45. The van der Waals surface area contributed by atoms with Crippen LogP contribution in [0.2, 0.25) is 0 Å². The number of nitrogens with zero attached hydrogens (tertiary/aromatic N) is 4. The number of ketones is 1. The number of aryl methyl sites for hydroxylation is 1. The third-order valence-electron chi connectivity index (χ3n) is 5.96. The molecule has 0 spiro atoms. The number of anilines is 1. The highest BCUT2D eigenvalue weighted by molar-refractivity contribution is 6.00. The van der Waals surface area contributed by atoms with Gasteiger partial charge in [-0.2, -0.15) is 4.98 Å². The quantitative estimate of drug-likeness (QED) is 0.304. The van der Waals surface area contributed by atoms with E-state index in [9.17, 15) is 14.4 Å². The number of Topliss-reactive ketones (excluding diaryl/α,β-unsaturated/α-hetero) is 1. The number of benzene rings is 2. The number of nitrogen functional groups attached to an aromatic ring is 1. The highest BCUT2D eigenvalue weighted by Crippen LogP contribution is 2.18. The number of pyridine rings is 1. The van der Waals surface area contributed by atoms with Crippen molar-refractivity contribution < 1.29 is 14.0 Å². The van der Waals surface area contributed by atoms with Crippen LogP contribution < -0.4 is 16.6 Å². The standard InChI is InChI=1S/C28H24N6O4/c1-17-7-5-10-19(13-17)26-31-15-20(29)28(37)34(26)16-23(35)32-21(14-18-8-3-2-4-9-18)24(36)27-33-25-22(38-27)11-6-12-30-25/h2-13,15,21H,14,16,29H2,1H3,(H,32,35). The van der Waals surface area contributed by atoms with Crippen LogP contribution in [0, 0.1) is 6.92 Å². The van der Waals surface area contributed by atoms with Crippen LogP contribution in [0.5, 0.6) is 0 Å². The maximum absolute atomic E-state index is 13.5. The summed E-state index contributed by atoms with van der Waals surface area (Å²) in [5.41, 5.74) is 8.28. The van der Waals surface area contributed by atoms with Crippen molar-refractivity contribution in [2.24, 2.45) is 0 Å². The minimum absolute atomic E-state index is 0.0925. The summed E-state index contributed by atoms with van der Waals surface area (Å²) in [5.74, 6) is -0.962. The van der Waals surface area contributed by atoms with Crippen LogP contribution in [0.3, 0.4) is 0 Å². The Labute approximate surface area is 217 Å². The van der Waals surface area contributed by atoms with Crippen LogP contribution in [0.25, 0.3) is 22.6 Å².